The van der Waals surface area contributed by atoms with Crippen LogP contribution in [0.2, 0.25) is 0 Å². The molecule has 1 aliphatic carbocycles. The van der Waals surface area contributed by atoms with E-state index in [0.717, 1.165) is 31.3 Å². The third-order valence-corrected chi connectivity index (χ3v) is 4.68. The van der Waals surface area contributed by atoms with Crippen molar-refractivity contribution in [2.24, 2.45) is 11.1 Å². The Kier molecular flexibility index (Phi) is 3.78. The highest BCUT2D eigenvalue weighted by Gasteiger charge is 2.28. The number of hydrogen-bond acceptors (Lipinski definition) is 2. The lowest BCUT2D eigenvalue weighted by Crippen LogP contribution is -2.18. The van der Waals surface area contributed by atoms with Crippen molar-refractivity contribution in [1.29, 1.82) is 0 Å². The van der Waals surface area contributed by atoms with Gasteiger partial charge in [-0.2, -0.15) is 0 Å². The van der Waals surface area contributed by atoms with E-state index in [9.17, 15) is 0 Å². The number of hydrogen-bond donors (Lipinski definition) is 1. The average molecular weight is 285 g/mol. The van der Waals surface area contributed by atoms with E-state index in [2.05, 4.69) is 43.5 Å². The Hall–Kier alpha value is -1.35. The maximum Gasteiger partial charge on any atom is 0.110 e. The molecule has 1 heterocycles. The van der Waals surface area contributed by atoms with E-state index in [4.69, 9.17) is 10.7 Å². The molecule has 0 spiro atoms. The number of benzene rings is 1. The first-order valence-electron chi connectivity index (χ1n) is 8.18. The van der Waals surface area contributed by atoms with Crippen LogP contribution in [0, 0.1) is 12.3 Å². The van der Waals surface area contributed by atoms with Gasteiger partial charge in [0.1, 0.15) is 5.82 Å². The standard InChI is InChI=1S/C18H27N3/c1-13-4-7-16-15(12-13)20-17(21(16)14-5-6-14)8-9-18(2,3)10-11-19/h4,7,12,14H,5-6,8-11,19H2,1-3H3. The van der Waals surface area contributed by atoms with Crippen LogP contribution in [0.25, 0.3) is 11.0 Å². The number of rotatable bonds is 6. The largest absolute Gasteiger partial charge is 0.330 e. The summed E-state index contributed by atoms with van der Waals surface area (Å²) in [4.78, 5) is 4.93. The Morgan fingerprint density at radius 3 is 2.71 bits per heavy atom. The normalized spacial score (nSPS) is 15.8. The predicted molar refractivity (Wildman–Crippen MR) is 88.5 cm³/mol. The zero-order chi connectivity index (χ0) is 15.0. The molecule has 1 aliphatic rings. The maximum atomic E-state index is 5.73. The van der Waals surface area contributed by atoms with Gasteiger partial charge in [-0.15, -0.1) is 0 Å². The van der Waals surface area contributed by atoms with Gasteiger partial charge in [-0.3, -0.25) is 0 Å². The van der Waals surface area contributed by atoms with E-state index < -0.39 is 0 Å². The molecule has 0 amide bonds. The molecule has 3 nitrogen and oxygen atoms in total. The van der Waals surface area contributed by atoms with Crippen molar-refractivity contribution in [1.82, 2.24) is 9.55 Å². The molecular formula is C18H27N3. The van der Waals surface area contributed by atoms with Gasteiger partial charge in [-0.25, -0.2) is 4.98 Å². The fourth-order valence-corrected chi connectivity index (χ4v) is 3.14. The van der Waals surface area contributed by atoms with Crippen molar-refractivity contribution < 1.29 is 0 Å². The number of nitrogens with two attached hydrogens (primary N) is 1. The van der Waals surface area contributed by atoms with E-state index in [1.54, 1.807) is 0 Å². The number of imidazole rings is 1. The number of aromatic nitrogens is 2. The quantitative estimate of drug-likeness (QED) is 0.872. The Labute approximate surface area is 127 Å². The second-order valence-electron chi connectivity index (χ2n) is 7.32. The van der Waals surface area contributed by atoms with E-state index in [-0.39, 0.29) is 0 Å². The highest BCUT2D eigenvalue weighted by atomic mass is 15.1. The minimum absolute atomic E-state index is 0.303. The summed E-state index contributed by atoms with van der Waals surface area (Å²) in [7, 11) is 0. The van der Waals surface area contributed by atoms with Crippen molar-refractivity contribution in [3.05, 3.63) is 29.6 Å². The Morgan fingerprint density at radius 2 is 2.05 bits per heavy atom. The molecule has 1 aromatic carbocycles. The summed E-state index contributed by atoms with van der Waals surface area (Å²) in [5.41, 5.74) is 9.80. The van der Waals surface area contributed by atoms with Gasteiger partial charge in [-0.05, 0) is 62.3 Å². The minimum Gasteiger partial charge on any atom is -0.330 e. The van der Waals surface area contributed by atoms with E-state index >= 15 is 0 Å². The molecular weight excluding hydrogens is 258 g/mol. The Balaban J connectivity index is 1.89. The number of nitrogens with zero attached hydrogens (tertiary/aromatic N) is 2. The highest BCUT2D eigenvalue weighted by Crippen LogP contribution is 2.39. The second kappa shape index (κ2) is 5.45. The van der Waals surface area contributed by atoms with Gasteiger partial charge in [-0.1, -0.05) is 19.9 Å². The molecule has 114 valence electrons. The Bertz CT molecular complexity index is 635. The summed E-state index contributed by atoms with van der Waals surface area (Å²) in [6.07, 6.45) is 5.89. The average Bonchev–Trinajstić information content (AvgIpc) is 3.18. The number of aryl methyl sites for hydroxylation is 2. The van der Waals surface area contributed by atoms with Crippen LogP contribution in [0.15, 0.2) is 18.2 Å². The van der Waals surface area contributed by atoms with Crippen molar-refractivity contribution in [3.63, 3.8) is 0 Å². The molecule has 1 saturated carbocycles. The van der Waals surface area contributed by atoms with Crippen molar-refractivity contribution in [3.8, 4) is 0 Å². The fourth-order valence-electron chi connectivity index (χ4n) is 3.14. The Morgan fingerprint density at radius 1 is 1.29 bits per heavy atom. The highest BCUT2D eigenvalue weighted by molar-refractivity contribution is 5.77. The molecule has 21 heavy (non-hydrogen) atoms. The van der Waals surface area contributed by atoms with E-state index in [1.807, 2.05) is 0 Å². The molecule has 3 rings (SSSR count). The van der Waals surface area contributed by atoms with Crippen LogP contribution in [0.1, 0.15) is 57.0 Å². The summed E-state index contributed by atoms with van der Waals surface area (Å²) in [6.45, 7) is 7.53. The fraction of sp³-hybridized carbons (Fsp3) is 0.611. The first-order valence-corrected chi connectivity index (χ1v) is 8.18. The number of fused-ring (bicyclic) bond motifs is 1. The van der Waals surface area contributed by atoms with Crippen LogP contribution in [0.4, 0.5) is 0 Å². The molecule has 0 radical (unpaired) electrons. The van der Waals surface area contributed by atoms with Gasteiger partial charge in [0.15, 0.2) is 0 Å². The lowest BCUT2D eigenvalue weighted by atomic mass is 9.84. The first kappa shape index (κ1) is 14.6. The molecule has 2 N–H and O–H groups in total. The molecule has 1 fully saturated rings. The van der Waals surface area contributed by atoms with Crippen LogP contribution in [0.3, 0.4) is 0 Å². The van der Waals surface area contributed by atoms with Crippen molar-refractivity contribution in [2.75, 3.05) is 6.54 Å². The van der Waals surface area contributed by atoms with E-state index in [1.165, 1.54) is 29.7 Å². The zero-order valence-corrected chi connectivity index (χ0v) is 13.5. The summed E-state index contributed by atoms with van der Waals surface area (Å²) < 4.78 is 2.49. The molecule has 0 bridgehead atoms. The zero-order valence-electron chi connectivity index (χ0n) is 13.5. The summed E-state index contributed by atoms with van der Waals surface area (Å²) in [5.74, 6) is 1.27. The van der Waals surface area contributed by atoms with Crippen LogP contribution in [0.5, 0.6) is 0 Å². The third kappa shape index (κ3) is 3.13. The van der Waals surface area contributed by atoms with Gasteiger partial charge in [0.05, 0.1) is 11.0 Å². The van der Waals surface area contributed by atoms with Crippen molar-refractivity contribution >= 4 is 11.0 Å². The molecule has 0 aliphatic heterocycles. The summed E-state index contributed by atoms with van der Waals surface area (Å²) in [5, 5.41) is 0. The molecule has 0 unspecified atom stereocenters. The van der Waals surface area contributed by atoms with Gasteiger partial charge in [0, 0.05) is 12.5 Å². The van der Waals surface area contributed by atoms with Gasteiger partial charge >= 0.3 is 0 Å². The van der Waals surface area contributed by atoms with Gasteiger partial charge in [0.25, 0.3) is 0 Å². The molecule has 3 heteroatoms. The lowest BCUT2D eigenvalue weighted by molar-refractivity contribution is 0.309. The van der Waals surface area contributed by atoms with Gasteiger partial charge < -0.3 is 10.3 Å². The van der Waals surface area contributed by atoms with Crippen LogP contribution in [-0.4, -0.2) is 16.1 Å². The molecule has 0 atom stereocenters. The summed E-state index contributed by atoms with van der Waals surface area (Å²) >= 11 is 0. The second-order valence-corrected chi connectivity index (χ2v) is 7.32. The third-order valence-electron chi connectivity index (χ3n) is 4.68. The minimum atomic E-state index is 0.303. The summed E-state index contributed by atoms with van der Waals surface area (Å²) in [6, 6.07) is 7.34. The van der Waals surface area contributed by atoms with Crippen LogP contribution >= 0.6 is 0 Å². The topological polar surface area (TPSA) is 43.8 Å². The molecule has 2 aromatic rings. The smallest absolute Gasteiger partial charge is 0.110 e. The van der Waals surface area contributed by atoms with Gasteiger partial charge in [0.2, 0.25) is 0 Å². The molecule has 1 aromatic heterocycles. The monoisotopic (exact) mass is 285 g/mol. The first-order chi connectivity index (χ1) is 10.00. The van der Waals surface area contributed by atoms with Crippen molar-refractivity contribution in [2.45, 2.75) is 58.9 Å². The predicted octanol–water partition coefficient (Wildman–Crippen LogP) is 3.99. The SMILES string of the molecule is Cc1ccc2c(c1)nc(CCC(C)(C)CCN)n2C1CC1. The van der Waals surface area contributed by atoms with Crippen LogP contribution < -0.4 is 5.73 Å². The van der Waals surface area contributed by atoms with Crippen LogP contribution in [-0.2, 0) is 6.42 Å². The van der Waals surface area contributed by atoms with E-state index in [0.29, 0.717) is 11.5 Å². The molecule has 0 saturated heterocycles. The lowest BCUT2D eigenvalue weighted by Gasteiger charge is -2.23. The maximum absolute atomic E-state index is 5.73.